The van der Waals surface area contributed by atoms with Crippen molar-refractivity contribution in [1.82, 2.24) is 5.32 Å². The van der Waals surface area contributed by atoms with Gasteiger partial charge in [0.25, 0.3) is 0 Å². The molecule has 1 aliphatic heterocycles. The van der Waals surface area contributed by atoms with Crippen LogP contribution in [0.25, 0.3) is 10.1 Å². The Labute approximate surface area is 85.6 Å². The van der Waals surface area contributed by atoms with Gasteiger partial charge in [0.05, 0.1) is 12.5 Å². The molecule has 1 aliphatic rings. The molecule has 1 aromatic heterocycles. The Bertz CT molecular complexity index is 462. The van der Waals surface area contributed by atoms with Crippen molar-refractivity contribution >= 4 is 27.3 Å². The first kappa shape index (κ1) is 8.00. The van der Waals surface area contributed by atoms with Crippen molar-refractivity contribution < 1.29 is 4.79 Å². The van der Waals surface area contributed by atoms with Gasteiger partial charge in [0, 0.05) is 9.58 Å². The highest BCUT2D eigenvalue weighted by atomic mass is 32.1. The van der Waals surface area contributed by atoms with E-state index >= 15 is 0 Å². The molecule has 0 radical (unpaired) electrons. The van der Waals surface area contributed by atoms with Crippen molar-refractivity contribution in [3.05, 3.63) is 35.2 Å². The van der Waals surface area contributed by atoms with Gasteiger partial charge in [-0.15, -0.1) is 11.3 Å². The van der Waals surface area contributed by atoms with Crippen molar-refractivity contribution in [3.8, 4) is 0 Å². The molecule has 1 atom stereocenters. The van der Waals surface area contributed by atoms with Crippen LogP contribution in [-0.2, 0) is 4.79 Å². The third-order valence-corrected chi connectivity index (χ3v) is 3.74. The van der Waals surface area contributed by atoms with Crippen LogP contribution in [0.15, 0.2) is 30.3 Å². The highest BCUT2D eigenvalue weighted by Gasteiger charge is 2.27. The molecule has 2 aromatic rings. The molecule has 14 heavy (non-hydrogen) atoms. The highest BCUT2D eigenvalue weighted by Crippen LogP contribution is 2.33. The third kappa shape index (κ3) is 1.13. The van der Waals surface area contributed by atoms with Crippen LogP contribution in [0.2, 0.25) is 0 Å². The minimum Gasteiger partial charge on any atom is -0.348 e. The quantitative estimate of drug-likeness (QED) is 0.709. The maximum absolute atomic E-state index is 10.8. The summed E-state index contributed by atoms with van der Waals surface area (Å²) < 4.78 is 1.30. The molecule has 1 amide bonds. The van der Waals surface area contributed by atoms with Crippen molar-refractivity contribution in [3.63, 3.8) is 0 Å². The molecule has 0 aliphatic carbocycles. The fourth-order valence-corrected chi connectivity index (χ4v) is 2.82. The van der Waals surface area contributed by atoms with E-state index in [0.29, 0.717) is 6.42 Å². The number of nitrogens with one attached hydrogen (secondary N) is 1. The van der Waals surface area contributed by atoms with Gasteiger partial charge in [0.1, 0.15) is 0 Å². The zero-order valence-corrected chi connectivity index (χ0v) is 8.30. The second-order valence-corrected chi connectivity index (χ2v) is 4.63. The Morgan fingerprint density at radius 2 is 2.14 bits per heavy atom. The van der Waals surface area contributed by atoms with Gasteiger partial charge in [0.15, 0.2) is 0 Å². The lowest BCUT2D eigenvalue weighted by molar-refractivity contribution is -0.128. The molecule has 1 aromatic carbocycles. The predicted molar refractivity (Wildman–Crippen MR) is 57.3 cm³/mol. The molecular formula is C11H9NOS. The molecule has 0 bridgehead atoms. The molecule has 1 unspecified atom stereocenters. The number of hydrogen-bond acceptors (Lipinski definition) is 2. The van der Waals surface area contributed by atoms with E-state index in [1.54, 1.807) is 11.3 Å². The first-order valence-electron chi connectivity index (χ1n) is 4.61. The SMILES string of the molecule is O=C1CC(c2cc3ccccc3s2)N1. The predicted octanol–water partition coefficient (Wildman–Crippen LogP) is 2.46. The summed E-state index contributed by atoms with van der Waals surface area (Å²) in [5.41, 5.74) is 0. The second-order valence-electron chi connectivity index (χ2n) is 3.51. The standard InChI is InChI=1S/C11H9NOS/c13-11-6-8(12-11)10-5-7-3-1-2-4-9(7)14-10/h1-5,8H,6H2,(H,12,13). The van der Waals surface area contributed by atoms with Crippen LogP contribution in [-0.4, -0.2) is 5.91 Å². The molecule has 3 heteroatoms. The van der Waals surface area contributed by atoms with Crippen molar-refractivity contribution in [1.29, 1.82) is 0 Å². The summed E-state index contributed by atoms with van der Waals surface area (Å²) in [6.45, 7) is 0. The highest BCUT2D eigenvalue weighted by molar-refractivity contribution is 7.19. The van der Waals surface area contributed by atoms with Gasteiger partial charge in [-0.1, -0.05) is 18.2 Å². The van der Waals surface area contributed by atoms with Crippen LogP contribution in [0.3, 0.4) is 0 Å². The monoisotopic (exact) mass is 203 g/mol. The van der Waals surface area contributed by atoms with Gasteiger partial charge in [-0.2, -0.15) is 0 Å². The number of rotatable bonds is 1. The average Bonchev–Trinajstić information content (AvgIpc) is 2.55. The summed E-state index contributed by atoms with van der Waals surface area (Å²) in [7, 11) is 0. The first-order valence-corrected chi connectivity index (χ1v) is 5.42. The largest absolute Gasteiger partial charge is 0.348 e. The van der Waals surface area contributed by atoms with Gasteiger partial charge >= 0.3 is 0 Å². The first-order chi connectivity index (χ1) is 6.83. The van der Waals surface area contributed by atoms with E-state index in [-0.39, 0.29) is 11.9 Å². The normalized spacial score (nSPS) is 20.6. The Morgan fingerprint density at radius 1 is 1.36 bits per heavy atom. The maximum Gasteiger partial charge on any atom is 0.222 e. The van der Waals surface area contributed by atoms with Gasteiger partial charge in [-0.3, -0.25) is 4.79 Å². The topological polar surface area (TPSA) is 29.1 Å². The van der Waals surface area contributed by atoms with Gasteiger partial charge < -0.3 is 5.32 Å². The maximum atomic E-state index is 10.8. The third-order valence-electron chi connectivity index (χ3n) is 2.51. The zero-order chi connectivity index (χ0) is 9.54. The lowest BCUT2D eigenvalue weighted by atomic mass is 10.0. The van der Waals surface area contributed by atoms with E-state index in [9.17, 15) is 4.79 Å². The van der Waals surface area contributed by atoms with E-state index in [4.69, 9.17) is 0 Å². The number of carbonyl (C=O) groups excluding carboxylic acids is 1. The minimum absolute atomic E-state index is 0.160. The lowest BCUT2D eigenvalue weighted by Gasteiger charge is -2.25. The minimum atomic E-state index is 0.160. The number of carbonyl (C=O) groups is 1. The molecule has 3 rings (SSSR count). The molecular weight excluding hydrogens is 194 g/mol. The van der Waals surface area contributed by atoms with Gasteiger partial charge in [0.2, 0.25) is 5.91 Å². The lowest BCUT2D eigenvalue weighted by Crippen LogP contribution is -2.40. The molecule has 2 heterocycles. The van der Waals surface area contributed by atoms with Crippen molar-refractivity contribution in [2.24, 2.45) is 0 Å². The zero-order valence-electron chi connectivity index (χ0n) is 7.49. The number of fused-ring (bicyclic) bond motifs is 1. The summed E-state index contributed by atoms with van der Waals surface area (Å²) in [6, 6.07) is 10.7. The number of amides is 1. The average molecular weight is 203 g/mol. The summed E-state index contributed by atoms with van der Waals surface area (Å²) >= 11 is 1.77. The fraction of sp³-hybridized carbons (Fsp3) is 0.182. The Morgan fingerprint density at radius 3 is 2.86 bits per heavy atom. The second kappa shape index (κ2) is 2.82. The van der Waals surface area contributed by atoms with E-state index in [1.165, 1.54) is 15.0 Å². The molecule has 2 nitrogen and oxygen atoms in total. The van der Waals surface area contributed by atoms with Crippen LogP contribution in [0.4, 0.5) is 0 Å². The van der Waals surface area contributed by atoms with Gasteiger partial charge in [-0.05, 0) is 17.5 Å². The molecule has 70 valence electrons. The van der Waals surface area contributed by atoms with E-state index in [1.807, 2.05) is 12.1 Å². The Hall–Kier alpha value is -1.35. The Balaban J connectivity index is 2.02. The van der Waals surface area contributed by atoms with Gasteiger partial charge in [-0.25, -0.2) is 0 Å². The summed E-state index contributed by atoms with van der Waals surface area (Å²) in [5.74, 6) is 0.160. The smallest absolute Gasteiger partial charge is 0.222 e. The number of benzene rings is 1. The van der Waals surface area contributed by atoms with Crippen LogP contribution in [0.5, 0.6) is 0 Å². The molecule has 1 N–H and O–H groups in total. The van der Waals surface area contributed by atoms with Crippen LogP contribution in [0, 0.1) is 0 Å². The number of thiophene rings is 1. The molecule has 1 saturated heterocycles. The molecule has 0 spiro atoms. The fourth-order valence-electron chi connectivity index (χ4n) is 1.70. The van der Waals surface area contributed by atoms with E-state index in [2.05, 4.69) is 23.5 Å². The Kier molecular flexibility index (Phi) is 1.61. The van der Waals surface area contributed by atoms with Crippen molar-refractivity contribution in [2.75, 3.05) is 0 Å². The molecule has 1 fully saturated rings. The van der Waals surface area contributed by atoms with Crippen molar-refractivity contribution in [2.45, 2.75) is 12.5 Å². The van der Waals surface area contributed by atoms with Crippen LogP contribution in [0.1, 0.15) is 17.3 Å². The number of β-lactam (4-membered cyclic amide) rings is 1. The van der Waals surface area contributed by atoms with E-state index in [0.717, 1.165) is 0 Å². The summed E-state index contributed by atoms with van der Waals surface area (Å²) in [5, 5.41) is 4.16. The summed E-state index contributed by atoms with van der Waals surface area (Å²) in [4.78, 5) is 12.1. The number of hydrogen-bond donors (Lipinski definition) is 1. The molecule has 0 saturated carbocycles. The van der Waals surface area contributed by atoms with Crippen LogP contribution < -0.4 is 5.32 Å². The van der Waals surface area contributed by atoms with Crippen LogP contribution >= 0.6 is 11.3 Å². The summed E-state index contributed by atoms with van der Waals surface area (Å²) in [6.07, 6.45) is 0.646. The van der Waals surface area contributed by atoms with E-state index < -0.39 is 0 Å².